The van der Waals surface area contributed by atoms with Gasteiger partial charge in [0.25, 0.3) is 11.8 Å². The second kappa shape index (κ2) is 6.75. The van der Waals surface area contributed by atoms with Crippen LogP contribution in [0, 0.1) is 0 Å². The highest BCUT2D eigenvalue weighted by atomic mass is 35.5. The summed E-state index contributed by atoms with van der Waals surface area (Å²) >= 11 is 6.19. The number of halogens is 1. The van der Waals surface area contributed by atoms with Crippen LogP contribution in [-0.2, 0) is 16.0 Å². The van der Waals surface area contributed by atoms with Crippen molar-refractivity contribution in [3.63, 3.8) is 0 Å². The molecule has 122 valence electrons. The zero-order chi connectivity index (χ0) is 16.4. The van der Waals surface area contributed by atoms with Crippen molar-refractivity contribution in [1.29, 1.82) is 0 Å². The topological polar surface area (TPSA) is 49.4 Å². The van der Waals surface area contributed by atoms with E-state index >= 15 is 0 Å². The van der Waals surface area contributed by atoms with Crippen LogP contribution in [0.5, 0.6) is 0 Å². The Labute approximate surface area is 141 Å². The summed E-state index contributed by atoms with van der Waals surface area (Å²) in [5.74, 6) is -0.776. The minimum atomic E-state index is -0.434. The average Bonchev–Trinajstić information content (AvgIpc) is 2.79. The van der Waals surface area contributed by atoms with Gasteiger partial charge in [0.2, 0.25) is 0 Å². The van der Waals surface area contributed by atoms with Crippen molar-refractivity contribution in [2.75, 3.05) is 4.90 Å². The van der Waals surface area contributed by atoms with E-state index in [0.717, 1.165) is 37.7 Å². The van der Waals surface area contributed by atoms with Gasteiger partial charge in [-0.2, -0.15) is 0 Å². The Morgan fingerprint density at radius 1 is 1.13 bits per heavy atom. The van der Waals surface area contributed by atoms with Crippen molar-refractivity contribution >= 4 is 29.1 Å². The first kappa shape index (κ1) is 16.1. The minimum absolute atomic E-state index is 0.00600. The fourth-order valence-corrected chi connectivity index (χ4v) is 3.55. The quantitative estimate of drug-likeness (QED) is 0.859. The van der Waals surface area contributed by atoms with Crippen LogP contribution in [0.2, 0.25) is 0 Å². The number of nitrogens with one attached hydrogen (secondary N) is 1. The number of para-hydroxylation sites is 1. The van der Waals surface area contributed by atoms with Gasteiger partial charge in [0.1, 0.15) is 10.7 Å². The van der Waals surface area contributed by atoms with E-state index in [1.807, 2.05) is 25.1 Å². The summed E-state index contributed by atoms with van der Waals surface area (Å²) in [5.41, 5.74) is 1.84. The van der Waals surface area contributed by atoms with Crippen molar-refractivity contribution in [2.45, 2.75) is 51.5 Å². The highest BCUT2D eigenvalue weighted by Gasteiger charge is 2.40. The number of nitrogens with zero attached hydrogens (tertiary/aromatic N) is 1. The molecule has 3 rings (SSSR count). The Balaban J connectivity index is 1.86. The molecule has 0 aromatic heterocycles. The lowest BCUT2D eigenvalue weighted by Crippen LogP contribution is -2.37. The number of amides is 2. The third kappa shape index (κ3) is 3.00. The summed E-state index contributed by atoms with van der Waals surface area (Å²) in [6.07, 6.45) is 6.30. The number of hydrogen-bond donors (Lipinski definition) is 1. The lowest BCUT2D eigenvalue weighted by molar-refractivity contribution is -0.120. The molecule has 1 fully saturated rings. The van der Waals surface area contributed by atoms with Gasteiger partial charge in [0.15, 0.2) is 0 Å². The minimum Gasteiger partial charge on any atom is -0.376 e. The number of aryl methyl sites for hydroxylation is 1. The molecule has 5 heteroatoms. The molecule has 1 aliphatic heterocycles. The summed E-state index contributed by atoms with van der Waals surface area (Å²) in [6.45, 7) is 2.00. The summed E-state index contributed by atoms with van der Waals surface area (Å²) in [4.78, 5) is 26.5. The summed E-state index contributed by atoms with van der Waals surface area (Å²) in [5, 5.41) is 3.23. The zero-order valence-corrected chi connectivity index (χ0v) is 14.0. The van der Waals surface area contributed by atoms with E-state index in [1.165, 1.54) is 11.3 Å². The molecule has 0 spiro atoms. The number of anilines is 1. The van der Waals surface area contributed by atoms with Gasteiger partial charge in [-0.15, -0.1) is 0 Å². The molecule has 0 radical (unpaired) electrons. The van der Waals surface area contributed by atoms with Crippen LogP contribution in [0.1, 0.15) is 44.6 Å². The third-order valence-corrected chi connectivity index (χ3v) is 4.95. The monoisotopic (exact) mass is 332 g/mol. The molecule has 23 heavy (non-hydrogen) atoms. The fourth-order valence-electron chi connectivity index (χ4n) is 3.33. The van der Waals surface area contributed by atoms with Crippen LogP contribution in [0.3, 0.4) is 0 Å². The Hall–Kier alpha value is -1.81. The summed E-state index contributed by atoms with van der Waals surface area (Å²) in [7, 11) is 0. The van der Waals surface area contributed by atoms with Gasteiger partial charge in [-0.1, -0.05) is 56.0 Å². The first-order valence-corrected chi connectivity index (χ1v) is 8.64. The van der Waals surface area contributed by atoms with E-state index in [1.54, 1.807) is 6.07 Å². The standard InChI is InChI=1S/C18H21ClN2O2/c1-2-12-8-6-7-11-14(12)21-17(22)15(19)16(18(21)23)20-13-9-4-3-5-10-13/h6-8,11,13,20H,2-5,9-10H2,1H3. The lowest BCUT2D eigenvalue weighted by Gasteiger charge is -2.24. The SMILES string of the molecule is CCc1ccccc1N1C(=O)C(Cl)=C(NC2CCCCC2)C1=O. The smallest absolute Gasteiger partial charge is 0.283 e. The van der Waals surface area contributed by atoms with Crippen LogP contribution in [0.15, 0.2) is 35.0 Å². The van der Waals surface area contributed by atoms with Crippen molar-refractivity contribution in [1.82, 2.24) is 5.32 Å². The molecule has 0 bridgehead atoms. The normalized spacial score (nSPS) is 19.7. The number of hydrogen-bond acceptors (Lipinski definition) is 3. The molecule has 2 amide bonds. The van der Waals surface area contributed by atoms with Crippen LogP contribution in [0.4, 0.5) is 5.69 Å². The third-order valence-electron chi connectivity index (χ3n) is 4.59. The lowest BCUT2D eigenvalue weighted by atomic mass is 9.95. The van der Waals surface area contributed by atoms with Crippen molar-refractivity contribution in [3.05, 3.63) is 40.6 Å². The largest absolute Gasteiger partial charge is 0.376 e. The number of carbonyl (C=O) groups excluding carboxylic acids is 2. The van der Waals surface area contributed by atoms with E-state index in [4.69, 9.17) is 11.6 Å². The molecule has 4 nitrogen and oxygen atoms in total. The first-order valence-electron chi connectivity index (χ1n) is 8.26. The van der Waals surface area contributed by atoms with E-state index in [0.29, 0.717) is 5.69 Å². The van der Waals surface area contributed by atoms with Gasteiger partial charge in [-0.05, 0) is 30.9 Å². The molecule has 1 N–H and O–H groups in total. The Bertz CT molecular complexity index is 663. The maximum absolute atomic E-state index is 12.8. The number of carbonyl (C=O) groups is 2. The Morgan fingerprint density at radius 3 is 2.52 bits per heavy atom. The Kier molecular flexibility index (Phi) is 4.71. The van der Waals surface area contributed by atoms with Gasteiger partial charge in [0, 0.05) is 6.04 Å². The maximum atomic E-state index is 12.8. The van der Waals surface area contributed by atoms with Crippen molar-refractivity contribution in [3.8, 4) is 0 Å². The van der Waals surface area contributed by atoms with Crippen molar-refractivity contribution in [2.24, 2.45) is 0 Å². The molecule has 1 saturated carbocycles. The van der Waals surface area contributed by atoms with Crippen LogP contribution in [0.25, 0.3) is 0 Å². The van der Waals surface area contributed by atoms with E-state index in [-0.39, 0.29) is 22.7 Å². The van der Waals surface area contributed by atoms with Crippen LogP contribution < -0.4 is 10.2 Å². The van der Waals surface area contributed by atoms with Crippen LogP contribution >= 0.6 is 11.6 Å². The number of benzene rings is 1. The molecular weight excluding hydrogens is 312 g/mol. The predicted molar refractivity (Wildman–Crippen MR) is 91.2 cm³/mol. The van der Waals surface area contributed by atoms with E-state index in [9.17, 15) is 9.59 Å². The molecule has 1 heterocycles. The van der Waals surface area contributed by atoms with Crippen LogP contribution in [-0.4, -0.2) is 17.9 Å². The number of rotatable bonds is 4. The zero-order valence-electron chi connectivity index (χ0n) is 13.3. The summed E-state index contributed by atoms with van der Waals surface area (Å²) in [6, 6.07) is 7.68. The summed E-state index contributed by atoms with van der Waals surface area (Å²) < 4.78 is 0. The van der Waals surface area contributed by atoms with E-state index in [2.05, 4.69) is 5.32 Å². The van der Waals surface area contributed by atoms with E-state index < -0.39 is 5.91 Å². The second-order valence-corrected chi connectivity index (χ2v) is 6.47. The molecule has 0 atom stereocenters. The molecule has 0 unspecified atom stereocenters. The van der Waals surface area contributed by atoms with Gasteiger partial charge >= 0.3 is 0 Å². The van der Waals surface area contributed by atoms with Gasteiger partial charge in [-0.25, -0.2) is 4.90 Å². The molecule has 0 saturated heterocycles. The van der Waals surface area contributed by atoms with Gasteiger partial charge < -0.3 is 5.32 Å². The molecule has 2 aliphatic rings. The average molecular weight is 333 g/mol. The Morgan fingerprint density at radius 2 is 1.83 bits per heavy atom. The number of imide groups is 1. The maximum Gasteiger partial charge on any atom is 0.283 e. The van der Waals surface area contributed by atoms with Crippen molar-refractivity contribution < 1.29 is 9.59 Å². The fraction of sp³-hybridized carbons (Fsp3) is 0.444. The highest BCUT2D eigenvalue weighted by molar-refractivity contribution is 6.52. The van der Waals surface area contributed by atoms with Gasteiger partial charge in [-0.3, -0.25) is 9.59 Å². The van der Waals surface area contributed by atoms with Gasteiger partial charge in [0.05, 0.1) is 5.69 Å². The highest BCUT2D eigenvalue weighted by Crippen LogP contribution is 2.31. The molecule has 1 aromatic carbocycles. The first-order chi connectivity index (χ1) is 11.1. The molecular formula is C18H21ClN2O2. The molecule has 1 aliphatic carbocycles. The second-order valence-electron chi connectivity index (χ2n) is 6.10. The predicted octanol–water partition coefficient (Wildman–Crippen LogP) is 3.49. The molecule has 1 aromatic rings.